The number of aryl methyl sites for hydroxylation is 1. The third-order valence-corrected chi connectivity index (χ3v) is 4.57. The average Bonchev–Trinajstić information content (AvgIpc) is 3.18. The van der Waals surface area contributed by atoms with E-state index in [0.29, 0.717) is 6.61 Å². The lowest BCUT2D eigenvalue weighted by molar-refractivity contribution is 0.121. The molecule has 1 N–H and O–H groups in total. The summed E-state index contributed by atoms with van der Waals surface area (Å²) >= 11 is 0. The molecular formula is C19H25N3O. The molecular weight excluding hydrogens is 286 g/mol. The van der Waals surface area contributed by atoms with Crippen molar-refractivity contribution in [3.8, 4) is 0 Å². The third-order valence-electron chi connectivity index (χ3n) is 4.57. The topological polar surface area (TPSA) is 38.5 Å². The van der Waals surface area contributed by atoms with Crippen LogP contribution in [0.5, 0.6) is 0 Å². The number of hydrogen-bond acceptors (Lipinski definition) is 3. The maximum atomic E-state index is 5.95. The van der Waals surface area contributed by atoms with Crippen LogP contribution in [0.1, 0.15) is 39.8 Å². The second-order valence-corrected chi connectivity index (χ2v) is 6.00. The molecule has 0 spiro atoms. The highest BCUT2D eigenvalue weighted by atomic mass is 16.5. The summed E-state index contributed by atoms with van der Waals surface area (Å²) in [6, 6.07) is 4.16. The molecule has 0 fully saturated rings. The Kier molecular flexibility index (Phi) is 4.26. The normalized spacial score (nSPS) is 24.1. The molecule has 3 rings (SSSR count). The van der Waals surface area contributed by atoms with Gasteiger partial charge in [0, 0.05) is 25.6 Å². The number of allylic oxidation sites excluding steroid dienone is 2. The molecule has 1 atom stereocenters. The van der Waals surface area contributed by atoms with Gasteiger partial charge < -0.3 is 14.6 Å². The van der Waals surface area contributed by atoms with Crippen molar-refractivity contribution >= 4 is 11.4 Å². The van der Waals surface area contributed by atoms with Crippen molar-refractivity contribution < 1.29 is 4.74 Å². The van der Waals surface area contributed by atoms with E-state index in [-0.39, 0.29) is 6.10 Å². The highest BCUT2D eigenvalue weighted by Gasteiger charge is 2.29. The van der Waals surface area contributed by atoms with E-state index in [2.05, 4.69) is 62.1 Å². The maximum absolute atomic E-state index is 5.95. The first-order chi connectivity index (χ1) is 11.1. The van der Waals surface area contributed by atoms with E-state index in [4.69, 9.17) is 9.73 Å². The number of ether oxygens (including phenoxy) is 1. The Bertz CT molecular complexity index is 746. The van der Waals surface area contributed by atoms with Gasteiger partial charge in [-0.1, -0.05) is 6.92 Å². The second-order valence-electron chi connectivity index (χ2n) is 6.00. The Morgan fingerprint density at radius 1 is 1.30 bits per heavy atom. The fourth-order valence-electron chi connectivity index (χ4n) is 3.40. The fourth-order valence-corrected chi connectivity index (χ4v) is 3.40. The first kappa shape index (κ1) is 15.8. The van der Waals surface area contributed by atoms with Crippen LogP contribution in [-0.4, -0.2) is 23.0 Å². The Hall–Kier alpha value is -2.07. The SMILES string of the molecule is CCOC1C=C(c2cccn2C)NC1=C1N=C(C)C(CC)=C1C. The first-order valence-corrected chi connectivity index (χ1v) is 8.28. The lowest BCUT2D eigenvalue weighted by Gasteiger charge is -2.14. The van der Waals surface area contributed by atoms with Crippen LogP contribution in [0.3, 0.4) is 0 Å². The molecule has 23 heavy (non-hydrogen) atoms. The van der Waals surface area contributed by atoms with Gasteiger partial charge in [-0.25, -0.2) is 0 Å². The van der Waals surface area contributed by atoms with Crippen molar-refractivity contribution in [2.24, 2.45) is 12.0 Å². The van der Waals surface area contributed by atoms with Crippen molar-refractivity contribution in [2.45, 2.75) is 40.2 Å². The summed E-state index contributed by atoms with van der Waals surface area (Å²) in [5.74, 6) is 0. The fraction of sp³-hybridized carbons (Fsp3) is 0.421. The van der Waals surface area contributed by atoms with Crippen LogP contribution < -0.4 is 5.32 Å². The lowest BCUT2D eigenvalue weighted by Crippen LogP contribution is -2.19. The Morgan fingerprint density at radius 2 is 2.09 bits per heavy atom. The predicted octanol–water partition coefficient (Wildman–Crippen LogP) is 3.79. The Balaban J connectivity index is 2.03. The number of hydrogen-bond donors (Lipinski definition) is 1. The van der Waals surface area contributed by atoms with Gasteiger partial charge in [0.25, 0.3) is 0 Å². The number of aliphatic imine (C=N–C) groups is 1. The summed E-state index contributed by atoms with van der Waals surface area (Å²) < 4.78 is 8.06. The third kappa shape index (κ3) is 2.68. The molecule has 0 aromatic carbocycles. The molecule has 2 aliphatic heterocycles. The minimum absolute atomic E-state index is 0.0670. The van der Waals surface area contributed by atoms with Crippen LogP contribution in [0.4, 0.5) is 0 Å². The largest absolute Gasteiger partial charge is 0.368 e. The standard InChI is InChI=1S/C19H25N3O/c1-6-14-12(3)18(20-13(14)4)19-17(23-7-2)11-15(21-19)16-9-8-10-22(16)5/h8-11,17,21H,6-7H2,1-5H3. The zero-order chi connectivity index (χ0) is 16.6. The quantitative estimate of drug-likeness (QED) is 0.919. The number of aromatic nitrogens is 1. The van der Waals surface area contributed by atoms with E-state index >= 15 is 0 Å². The summed E-state index contributed by atoms with van der Waals surface area (Å²) in [7, 11) is 2.05. The smallest absolute Gasteiger partial charge is 0.120 e. The van der Waals surface area contributed by atoms with E-state index in [1.54, 1.807) is 0 Å². The molecule has 4 nitrogen and oxygen atoms in total. The molecule has 2 aliphatic rings. The monoisotopic (exact) mass is 311 g/mol. The molecule has 1 aromatic rings. The van der Waals surface area contributed by atoms with Gasteiger partial charge in [-0.05, 0) is 56.5 Å². The van der Waals surface area contributed by atoms with Gasteiger partial charge in [-0.2, -0.15) is 0 Å². The summed E-state index contributed by atoms with van der Waals surface area (Å²) in [4.78, 5) is 4.81. The number of nitrogens with zero attached hydrogens (tertiary/aromatic N) is 2. The van der Waals surface area contributed by atoms with Crippen LogP contribution in [0, 0.1) is 0 Å². The zero-order valence-electron chi connectivity index (χ0n) is 14.6. The van der Waals surface area contributed by atoms with Crippen molar-refractivity contribution in [3.05, 3.63) is 52.6 Å². The first-order valence-electron chi connectivity index (χ1n) is 8.28. The number of nitrogens with one attached hydrogen (secondary N) is 1. The van der Waals surface area contributed by atoms with E-state index in [1.807, 2.05) is 6.92 Å². The van der Waals surface area contributed by atoms with Gasteiger partial charge >= 0.3 is 0 Å². The van der Waals surface area contributed by atoms with Crippen molar-refractivity contribution in [2.75, 3.05) is 6.61 Å². The number of rotatable bonds is 4. The summed E-state index contributed by atoms with van der Waals surface area (Å²) in [6.45, 7) is 9.13. The van der Waals surface area contributed by atoms with Gasteiger partial charge in [-0.3, -0.25) is 4.99 Å². The van der Waals surface area contributed by atoms with Gasteiger partial charge in [0.2, 0.25) is 0 Å². The van der Waals surface area contributed by atoms with E-state index in [0.717, 1.165) is 34.9 Å². The maximum Gasteiger partial charge on any atom is 0.120 e. The summed E-state index contributed by atoms with van der Waals surface area (Å²) in [5.41, 5.74) is 8.07. The molecule has 0 saturated heterocycles. The highest BCUT2D eigenvalue weighted by Crippen LogP contribution is 2.34. The highest BCUT2D eigenvalue weighted by molar-refractivity contribution is 6.03. The minimum Gasteiger partial charge on any atom is -0.368 e. The van der Waals surface area contributed by atoms with Crippen LogP contribution in [-0.2, 0) is 11.8 Å². The average molecular weight is 311 g/mol. The molecule has 122 valence electrons. The molecule has 0 aliphatic carbocycles. The molecule has 4 heteroatoms. The van der Waals surface area contributed by atoms with Crippen molar-refractivity contribution in [3.63, 3.8) is 0 Å². The van der Waals surface area contributed by atoms with Gasteiger partial charge in [0.1, 0.15) is 6.10 Å². The van der Waals surface area contributed by atoms with Crippen LogP contribution in [0.15, 0.2) is 51.9 Å². The van der Waals surface area contributed by atoms with Gasteiger partial charge in [-0.15, -0.1) is 0 Å². The minimum atomic E-state index is -0.0670. The summed E-state index contributed by atoms with van der Waals surface area (Å²) in [6.07, 6.45) is 5.15. The lowest BCUT2D eigenvalue weighted by atomic mass is 10.0. The molecule has 0 bridgehead atoms. The van der Waals surface area contributed by atoms with Crippen LogP contribution in [0.25, 0.3) is 5.70 Å². The predicted molar refractivity (Wildman–Crippen MR) is 95.1 cm³/mol. The zero-order valence-corrected chi connectivity index (χ0v) is 14.6. The van der Waals surface area contributed by atoms with Crippen LogP contribution in [0.2, 0.25) is 0 Å². The Labute approximate surface area is 138 Å². The molecule has 0 radical (unpaired) electrons. The molecule has 0 saturated carbocycles. The van der Waals surface area contributed by atoms with Gasteiger partial charge in [0.15, 0.2) is 0 Å². The van der Waals surface area contributed by atoms with Crippen molar-refractivity contribution in [1.29, 1.82) is 0 Å². The van der Waals surface area contributed by atoms with Gasteiger partial charge in [0.05, 0.1) is 22.8 Å². The second kappa shape index (κ2) is 6.20. The molecule has 3 heterocycles. The van der Waals surface area contributed by atoms with E-state index < -0.39 is 0 Å². The molecule has 0 amide bonds. The van der Waals surface area contributed by atoms with Crippen molar-refractivity contribution in [1.82, 2.24) is 9.88 Å². The molecule has 1 unspecified atom stereocenters. The van der Waals surface area contributed by atoms with Crippen LogP contribution >= 0.6 is 0 Å². The summed E-state index contributed by atoms with van der Waals surface area (Å²) in [5, 5.41) is 3.56. The van der Waals surface area contributed by atoms with E-state index in [1.165, 1.54) is 11.1 Å². The Morgan fingerprint density at radius 3 is 2.65 bits per heavy atom. The van der Waals surface area contributed by atoms with E-state index in [9.17, 15) is 0 Å². The molecule has 1 aromatic heterocycles.